The van der Waals surface area contributed by atoms with Crippen LogP contribution in [0.5, 0.6) is 0 Å². The van der Waals surface area contributed by atoms with E-state index in [9.17, 15) is 0 Å². The molecular weight excluding hydrogens is 164 g/mol. The summed E-state index contributed by atoms with van der Waals surface area (Å²) >= 11 is 0. The number of aryl methyl sites for hydroxylation is 1. The first-order chi connectivity index (χ1) is 6.11. The lowest BCUT2D eigenvalue weighted by Crippen LogP contribution is -2.36. The first-order valence-corrected chi connectivity index (χ1v) is 4.79. The Morgan fingerprint density at radius 1 is 1.54 bits per heavy atom. The molecule has 1 rings (SSSR count). The van der Waals surface area contributed by atoms with Gasteiger partial charge in [0.1, 0.15) is 12.2 Å². The van der Waals surface area contributed by atoms with Gasteiger partial charge in [0.2, 0.25) is 0 Å². The summed E-state index contributed by atoms with van der Waals surface area (Å²) in [4.78, 5) is 4.20. The van der Waals surface area contributed by atoms with Crippen molar-refractivity contribution in [3.8, 4) is 0 Å². The lowest BCUT2D eigenvalue weighted by atomic mass is 9.97. The minimum atomic E-state index is -0.346. The zero-order valence-corrected chi connectivity index (χ0v) is 8.62. The van der Waals surface area contributed by atoms with Gasteiger partial charge in [0.15, 0.2) is 0 Å². The first-order valence-electron chi connectivity index (χ1n) is 4.79. The van der Waals surface area contributed by atoms with Gasteiger partial charge in [0, 0.05) is 6.54 Å². The van der Waals surface area contributed by atoms with Crippen LogP contribution in [0.15, 0.2) is 6.33 Å². The van der Waals surface area contributed by atoms with Crippen molar-refractivity contribution in [2.75, 3.05) is 0 Å². The van der Waals surface area contributed by atoms with E-state index < -0.39 is 0 Å². The molecule has 1 heterocycles. The van der Waals surface area contributed by atoms with E-state index in [1.807, 2.05) is 18.5 Å². The molecule has 0 saturated heterocycles. The third-order valence-corrected chi connectivity index (χ3v) is 2.20. The predicted molar refractivity (Wildman–Crippen MR) is 52.1 cm³/mol. The summed E-state index contributed by atoms with van der Waals surface area (Å²) in [5.74, 6) is 0.886. The second-order valence-corrected chi connectivity index (χ2v) is 3.57. The first kappa shape index (κ1) is 10.2. The molecule has 0 aliphatic rings. The summed E-state index contributed by atoms with van der Waals surface area (Å²) in [6, 6.07) is 0. The van der Waals surface area contributed by atoms with Gasteiger partial charge in [-0.05, 0) is 20.3 Å². The van der Waals surface area contributed by atoms with E-state index in [1.165, 1.54) is 0 Å². The minimum absolute atomic E-state index is 0.346. The van der Waals surface area contributed by atoms with Gasteiger partial charge >= 0.3 is 0 Å². The molecule has 0 aliphatic heterocycles. The van der Waals surface area contributed by atoms with E-state index in [1.54, 1.807) is 6.33 Å². The Kier molecular flexibility index (Phi) is 3.03. The van der Waals surface area contributed by atoms with Gasteiger partial charge in [-0.15, -0.1) is 0 Å². The molecule has 1 unspecified atom stereocenters. The molecule has 74 valence electrons. The van der Waals surface area contributed by atoms with Crippen molar-refractivity contribution >= 4 is 0 Å². The van der Waals surface area contributed by atoms with Crippen LogP contribution in [-0.4, -0.2) is 14.8 Å². The van der Waals surface area contributed by atoms with Gasteiger partial charge in [-0.3, -0.25) is 0 Å². The maximum Gasteiger partial charge on any atom is 0.146 e. The van der Waals surface area contributed by atoms with Gasteiger partial charge in [-0.25, -0.2) is 9.67 Å². The highest BCUT2D eigenvalue weighted by Crippen LogP contribution is 2.20. The zero-order valence-electron chi connectivity index (χ0n) is 8.62. The molecule has 0 aliphatic carbocycles. The van der Waals surface area contributed by atoms with E-state index in [2.05, 4.69) is 17.0 Å². The van der Waals surface area contributed by atoms with Crippen LogP contribution in [-0.2, 0) is 12.1 Å². The fourth-order valence-corrected chi connectivity index (χ4v) is 1.57. The third kappa shape index (κ3) is 2.06. The Labute approximate surface area is 79.2 Å². The molecular formula is C9H18N4. The molecule has 1 aromatic heterocycles. The molecule has 0 saturated carbocycles. The highest BCUT2D eigenvalue weighted by atomic mass is 15.3. The summed E-state index contributed by atoms with van der Waals surface area (Å²) < 4.78 is 1.86. The molecule has 0 aromatic carbocycles. The number of rotatable bonds is 4. The number of nitrogens with zero attached hydrogens (tertiary/aromatic N) is 3. The molecule has 1 atom stereocenters. The summed E-state index contributed by atoms with van der Waals surface area (Å²) in [6.07, 6.45) is 3.56. The van der Waals surface area contributed by atoms with Crippen LogP contribution >= 0.6 is 0 Å². The molecule has 4 nitrogen and oxygen atoms in total. The second kappa shape index (κ2) is 3.87. The fourth-order valence-electron chi connectivity index (χ4n) is 1.57. The Balaban J connectivity index is 2.91. The lowest BCUT2D eigenvalue weighted by molar-refractivity contribution is 0.391. The van der Waals surface area contributed by atoms with E-state index >= 15 is 0 Å². The van der Waals surface area contributed by atoms with Crippen LogP contribution in [0.2, 0.25) is 0 Å². The Morgan fingerprint density at radius 3 is 2.77 bits per heavy atom. The Hall–Kier alpha value is -0.900. The Morgan fingerprint density at radius 2 is 2.23 bits per heavy atom. The topological polar surface area (TPSA) is 56.7 Å². The molecule has 2 N–H and O–H groups in total. The summed E-state index contributed by atoms with van der Waals surface area (Å²) in [6.45, 7) is 7.00. The maximum atomic E-state index is 6.15. The van der Waals surface area contributed by atoms with E-state index in [0.29, 0.717) is 0 Å². The Bertz CT molecular complexity index is 264. The molecule has 0 spiro atoms. The molecule has 1 aromatic rings. The number of hydrogen-bond acceptors (Lipinski definition) is 3. The van der Waals surface area contributed by atoms with E-state index in [-0.39, 0.29) is 5.54 Å². The number of hydrogen-bond donors (Lipinski definition) is 1. The lowest BCUT2D eigenvalue weighted by Gasteiger charge is -2.23. The molecule has 13 heavy (non-hydrogen) atoms. The van der Waals surface area contributed by atoms with Crippen LogP contribution in [0.4, 0.5) is 0 Å². The average molecular weight is 182 g/mol. The van der Waals surface area contributed by atoms with Crippen molar-refractivity contribution in [3.63, 3.8) is 0 Å². The van der Waals surface area contributed by atoms with E-state index in [0.717, 1.165) is 25.2 Å². The van der Waals surface area contributed by atoms with Crippen LogP contribution < -0.4 is 5.73 Å². The third-order valence-electron chi connectivity index (χ3n) is 2.20. The van der Waals surface area contributed by atoms with Gasteiger partial charge in [-0.2, -0.15) is 5.10 Å². The zero-order chi connectivity index (χ0) is 9.90. The van der Waals surface area contributed by atoms with Gasteiger partial charge in [-0.1, -0.05) is 13.3 Å². The maximum absolute atomic E-state index is 6.15. The predicted octanol–water partition coefficient (Wildman–Crippen LogP) is 1.27. The van der Waals surface area contributed by atoms with Crippen molar-refractivity contribution in [3.05, 3.63) is 12.2 Å². The van der Waals surface area contributed by atoms with Crippen molar-refractivity contribution < 1.29 is 0 Å². The van der Waals surface area contributed by atoms with Gasteiger partial charge in [0.05, 0.1) is 5.54 Å². The fraction of sp³-hybridized carbons (Fsp3) is 0.778. The van der Waals surface area contributed by atoms with Crippen LogP contribution in [0, 0.1) is 0 Å². The second-order valence-electron chi connectivity index (χ2n) is 3.57. The van der Waals surface area contributed by atoms with E-state index in [4.69, 9.17) is 5.73 Å². The molecule has 4 heteroatoms. The quantitative estimate of drug-likeness (QED) is 0.763. The molecule has 0 fully saturated rings. The highest BCUT2D eigenvalue weighted by molar-refractivity contribution is 5.01. The molecule has 0 amide bonds. The van der Waals surface area contributed by atoms with Crippen LogP contribution in [0.3, 0.4) is 0 Å². The smallest absolute Gasteiger partial charge is 0.146 e. The number of nitrogens with two attached hydrogens (primary N) is 1. The largest absolute Gasteiger partial charge is 0.319 e. The summed E-state index contributed by atoms with van der Waals surface area (Å²) in [7, 11) is 0. The van der Waals surface area contributed by atoms with Crippen molar-refractivity contribution in [1.82, 2.24) is 14.8 Å². The van der Waals surface area contributed by atoms with Gasteiger partial charge < -0.3 is 5.73 Å². The highest BCUT2D eigenvalue weighted by Gasteiger charge is 2.25. The van der Waals surface area contributed by atoms with Crippen LogP contribution in [0.1, 0.15) is 39.4 Å². The number of aromatic nitrogens is 3. The standard InChI is InChI=1S/C9H18N4/c1-4-6-9(3,10)8-11-7-12-13(8)5-2/h7H,4-6,10H2,1-3H3. The average Bonchev–Trinajstić information content (AvgIpc) is 2.51. The SMILES string of the molecule is CCCC(C)(N)c1ncnn1CC. The van der Waals surface area contributed by atoms with Gasteiger partial charge in [0.25, 0.3) is 0 Å². The molecule has 0 radical (unpaired) electrons. The summed E-state index contributed by atoms with van der Waals surface area (Å²) in [5, 5.41) is 4.11. The van der Waals surface area contributed by atoms with Crippen molar-refractivity contribution in [2.45, 2.75) is 45.7 Å². The monoisotopic (exact) mass is 182 g/mol. The summed E-state index contributed by atoms with van der Waals surface area (Å²) in [5.41, 5.74) is 5.80. The normalized spacial score (nSPS) is 15.7. The van der Waals surface area contributed by atoms with Crippen LogP contribution in [0.25, 0.3) is 0 Å². The molecule has 0 bridgehead atoms. The van der Waals surface area contributed by atoms with Crippen molar-refractivity contribution in [1.29, 1.82) is 0 Å². The van der Waals surface area contributed by atoms with Crippen molar-refractivity contribution in [2.24, 2.45) is 5.73 Å². The minimum Gasteiger partial charge on any atom is -0.319 e.